The van der Waals surface area contributed by atoms with E-state index in [1.807, 2.05) is 0 Å². The maximum atomic E-state index is 13.2. The summed E-state index contributed by atoms with van der Waals surface area (Å²) in [6, 6.07) is 7.80. The van der Waals surface area contributed by atoms with Gasteiger partial charge in [-0.25, -0.2) is 8.42 Å². The van der Waals surface area contributed by atoms with Crippen LogP contribution in [0.4, 0.5) is 11.4 Å². The van der Waals surface area contributed by atoms with E-state index in [2.05, 4.69) is 5.32 Å². The van der Waals surface area contributed by atoms with Gasteiger partial charge in [0.05, 0.1) is 9.82 Å². The number of hydrogen-bond acceptors (Lipinski definition) is 7. The summed E-state index contributed by atoms with van der Waals surface area (Å²) in [6.45, 7) is 2.52. The summed E-state index contributed by atoms with van der Waals surface area (Å²) >= 11 is 0. The lowest BCUT2D eigenvalue weighted by Gasteiger charge is -2.24. The van der Waals surface area contributed by atoms with E-state index in [-0.39, 0.29) is 22.8 Å². The van der Waals surface area contributed by atoms with Crippen LogP contribution >= 0.6 is 0 Å². The number of nitro benzene ring substituents is 1. The molecule has 1 amide bonds. The fourth-order valence-electron chi connectivity index (χ4n) is 3.72. The number of benzene rings is 2. The van der Waals surface area contributed by atoms with E-state index in [0.29, 0.717) is 43.1 Å². The molecule has 0 bridgehead atoms. The highest BCUT2D eigenvalue weighted by Gasteiger charge is 2.40. The topological polar surface area (TPSA) is 128 Å². The van der Waals surface area contributed by atoms with Crippen molar-refractivity contribution in [2.24, 2.45) is 0 Å². The number of nitro groups is 1. The average molecular weight is 447 g/mol. The number of amides is 1. The van der Waals surface area contributed by atoms with Crippen molar-refractivity contribution in [2.75, 3.05) is 25.1 Å². The largest absolute Gasteiger partial charge is 0.486 e. The molecular weight excluding hydrogens is 426 g/mol. The lowest BCUT2D eigenvalue weighted by molar-refractivity contribution is -0.385. The number of anilines is 1. The van der Waals surface area contributed by atoms with E-state index in [0.717, 1.165) is 4.31 Å². The van der Waals surface area contributed by atoms with Gasteiger partial charge in [0.15, 0.2) is 11.5 Å². The van der Waals surface area contributed by atoms with Crippen LogP contribution in [-0.2, 0) is 14.8 Å². The van der Waals surface area contributed by atoms with Crippen LogP contribution in [0, 0.1) is 17.0 Å². The van der Waals surface area contributed by atoms with Gasteiger partial charge in [-0.15, -0.1) is 0 Å². The number of hydrogen-bond donors (Lipinski definition) is 1. The molecule has 0 saturated carbocycles. The summed E-state index contributed by atoms with van der Waals surface area (Å²) in [5.74, 6) is 0.290. The standard InChI is InChI=1S/C20H21N3O7S/c1-13-4-5-14(11-17(13)23(25)26)21-20(24)16-3-2-8-22(16)31(27,28)15-6-7-18-19(12-15)30-10-9-29-18/h4-7,11-12,16H,2-3,8-10H2,1H3,(H,21,24). The van der Waals surface area contributed by atoms with Crippen molar-refractivity contribution >= 4 is 27.3 Å². The Kier molecular flexibility index (Phi) is 5.54. The first-order valence-electron chi connectivity index (χ1n) is 9.75. The zero-order chi connectivity index (χ0) is 22.2. The van der Waals surface area contributed by atoms with Gasteiger partial charge in [-0.05, 0) is 38.0 Å². The van der Waals surface area contributed by atoms with Gasteiger partial charge in [0.2, 0.25) is 15.9 Å². The number of fused-ring (bicyclic) bond motifs is 1. The predicted molar refractivity (Wildman–Crippen MR) is 111 cm³/mol. The van der Waals surface area contributed by atoms with Gasteiger partial charge < -0.3 is 14.8 Å². The third kappa shape index (κ3) is 4.06. The molecular formula is C20H21N3O7S. The molecule has 2 heterocycles. The number of nitrogens with zero attached hydrogens (tertiary/aromatic N) is 2. The molecule has 10 nitrogen and oxygen atoms in total. The number of carbonyl (C=O) groups is 1. The highest BCUT2D eigenvalue weighted by molar-refractivity contribution is 7.89. The summed E-state index contributed by atoms with van der Waals surface area (Å²) in [6.07, 6.45) is 0.874. The van der Waals surface area contributed by atoms with Gasteiger partial charge in [0.1, 0.15) is 19.3 Å². The molecule has 2 aliphatic rings. The van der Waals surface area contributed by atoms with Gasteiger partial charge in [-0.2, -0.15) is 4.31 Å². The molecule has 0 aromatic heterocycles. The Morgan fingerprint density at radius 1 is 1.16 bits per heavy atom. The van der Waals surface area contributed by atoms with E-state index in [9.17, 15) is 23.3 Å². The second kappa shape index (κ2) is 8.16. The fourth-order valence-corrected chi connectivity index (χ4v) is 5.39. The first-order chi connectivity index (χ1) is 14.8. The number of ether oxygens (including phenoxy) is 2. The number of rotatable bonds is 5. The van der Waals surface area contributed by atoms with Crippen molar-refractivity contribution in [3.05, 3.63) is 52.1 Å². The maximum absolute atomic E-state index is 13.2. The molecule has 11 heteroatoms. The maximum Gasteiger partial charge on any atom is 0.274 e. The zero-order valence-electron chi connectivity index (χ0n) is 16.7. The molecule has 2 aromatic carbocycles. The third-order valence-electron chi connectivity index (χ3n) is 5.30. The fraction of sp³-hybridized carbons (Fsp3) is 0.350. The van der Waals surface area contributed by atoms with Gasteiger partial charge in [0, 0.05) is 29.9 Å². The van der Waals surface area contributed by atoms with Crippen molar-refractivity contribution in [1.29, 1.82) is 0 Å². The molecule has 1 saturated heterocycles. The second-order valence-electron chi connectivity index (χ2n) is 7.33. The first kappa shape index (κ1) is 21.1. The molecule has 1 unspecified atom stereocenters. The molecule has 0 aliphatic carbocycles. The van der Waals surface area contributed by atoms with Gasteiger partial charge >= 0.3 is 0 Å². The smallest absolute Gasteiger partial charge is 0.274 e. The van der Waals surface area contributed by atoms with Crippen LogP contribution in [-0.4, -0.2) is 49.4 Å². The van der Waals surface area contributed by atoms with Gasteiger partial charge in [-0.1, -0.05) is 6.07 Å². The summed E-state index contributed by atoms with van der Waals surface area (Å²) in [4.78, 5) is 23.5. The lowest BCUT2D eigenvalue weighted by atomic mass is 10.1. The number of sulfonamides is 1. The van der Waals surface area contributed by atoms with Crippen molar-refractivity contribution in [1.82, 2.24) is 4.31 Å². The number of aryl methyl sites for hydroxylation is 1. The minimum Gasteiger partial charge on any atom is -0.486 e. The Morgan fingerprint density at radius 3 is 2.65 bits per heavy atom. The van der Waals surface area contributed by atoms with Crippen LogP contribution in [0.3, 0.4) is 0 Å². The highest BCUT2D eigenvalue weighted by Crippen LogP contribution is 2.35. The highest BCUT2D eigenvalue weighted by atomic mass is 32.2. The van der Waals surface area contributed by atoms with Crippen LogP contribution in [0.2, 0.25) is 0 Å². The van der Waals surface area contributed by atoms with Crippen molar-refractivity contribution in [3.63, 3.8) is 0 Å². The molecule has 31 heavy (non-hydrogen) atoms. The number of carbonyl (C=O) groups excluding carboxylic acids is 1. The van der Waals surface area contributed by atoms with Crippen LogP contribution in [0.5, 0.6) is 11.5 Å². The van der Waals surface area contributed by atoms with E-state index < -0.39 is 26.9 Å². The normalized spacial score (nSPS) is 18.5. The Bertz CT molecular complexity index is 1150. The van der Waals surface area contributed by atoms with E-state index in [1.54, 1.807) is 13.0 Å². The second-order valence-corrected chi connectivity index (χ2v) is 9.22. The summed E-state index contributed by atoms with van der Waals surface area (Å²) < 4.78 is 38.5. The minimum absolute atomic E-state index is 0.0161. The SMILES string of the molecule is Cc1ccc(NC(=O)C2CCCN2S(=O)(=O)c2ccc3c(c2)OCCO3)cc1[N+](=O)[O-]. The summed E-state index contributed by atoms with van der Waals surface area (Å²) in [7, 11) is -3.96. The van der Waals surface area contributed by atoms with Crippen LogP contribution in [0.1, 0.15) is 18.4 Å². The van der Waals surface area contributed by atoms with E-state index in [1.165, 1.54) is 30.3 Å². The Hall–Kier alpha value is -3.18. The summed E-state index contributed by atoms with van der Waals surface area (Å²) in [5.41, 5.74) is 0.586. The van der Waals surface area contributed by atoms with Gasteiger partial charge in [0.25, 0.3) is 5.69 Å². The summed E-state index contributed by atoms with van der Waals surface area (Å²) in [5, 5.41) is 13.8. The Labute approximate surface area is 179 Å². The molecule has 164 valence electrons. The van der Waals surface area contributed by atoms with Crippen LogP contribution in [0.15, 0.2) is 41.3 Å². The third-order valence-corrected chi connectivity index (χ3v) is 7.20. The van der Waals surface area contributed by atoms with Crippen molar-refractivity contribution < 1.29 is 27.6 Å². The molecule has 1 fully saturated rings. The van der Waals surface area contributed by atoms with Crippen LogP contribution in [0.25, 0.3) is 0 Å². The molecule has 4 rings (SSSR count). The molecule has 1 atom stereocenters. The molecule has 0 spiro atoms. The molecule has 2 aromatic rings. The Morgan fingerprint density at radius 2 is 1.90 bits per heavy atom. The monoisotopic (exact) mass is 447 g/mol. The number of nitrogens with one attached hydrogen (secondary N) is 1. The minimum atomic E-state index is -3.96. The quantitative estimate of drug-likeness (QED) is 0.551. The molecule has 2 aliphatic heterocycles. The van der Waals surface area contributed by atoms with Crippen molar-refractivity contribution in [2.45, 2.75) is 30.7 Å². The lowest BCUT2D eigenvalue weighted by Crippen LogP contribution is -2.43. The average Bonchev–Trinajstić information content (AvgIpc) is 3.25. The van der Waals surface area contributed by atoms with Crippen molar-refractivity contribution in [3.8, 4) is 11.5 Å². The van der Waals surface area contributed by atoms with Gasteiger partial charge in [-0.3, -0.25) is 14.9 Å². The predicted octanol–water partition coefficient (Wildman–Crippen LogP) is 2.47. The van der Waals surface area contributed by atoms with E-state index in [4.69, 9.17) is 9.47 Å². The molecule has 0 radical (unpaired) electrons. The Balaban J connectivity index is 1.56. The molecule has 1 N–H and O–H groups in total. The van der Waals surface area contributed by atoms with E-state index >= 15 is 0 Å². The first-order valence-corrected chi connectivity index (χ1v) is 11.2. The zero-order valence-corrected chi connectivity index (χ0v) is 17.6. The van der Waals surface area contributed by atoms with Crippen LogP contribution < -0.4 is 14.8 Å².